The van der Waals surface area contributed by atoms with Crippen molar-refractivity contribution in [1.29, 1.82) is 0 Å². The third kappa shape index (κ3) is 4.42. The number of nitrogens with zero attached hydrogens (tertiary/aromatic N) is 1. The van der Waals surface area contributed by atoms with Crippen LogP contribution in [0.3, 0.4) is 0 Å². The molecule has 1 rings (SSSR count). The average Bonchev–Trinajstić information content (AvgIpc) is 2.62. The van der Waals surface area contributed by atoms with Crippen molar-refractivity contribution in [1.82, 2.24) is 4.90 Å². The molecule has 1 fully saturated rings. The monoisotopic (exact) mass is 359 g/mol. The Morgan fingerprint density at radius 2 is 1.54 bits per heavy atom. The molecule has 0 aromatic heterocycles. The highest BCUT2D eigenvalue weighted by atomic mass is 28.4. The average molecular weight is 360 g/mol. The largest absolute Gasteiger partial charge is 0.396 e. The second-order valence-corrected chi connectivity index (χ2v) is 10.8. The topological polar surface area (TPSA) is 30.9 Å². The molecular weight excluding hydrogens is 318 g/mol. The second kappa shape index (κ2) is 10.9. The minimum absolute atomic E-state index is 0.259. The summed E-state index contributed by atoms with van der Waals surface area (Å²) in [5.41, 5.74) is 0. The molecule has 1 saturated heterocycles. The van der Waals surface area contributed by atoms with Crippen molar-refractivity contribution in [2.75, 3.05) is 34.4 Å². The summed E-state index contributed by atoms with van der Waals surface area (Å²) in [7, 11) is 3.16. The van der Waals surface area contributed by atoms with Gasteiger partial charge in [-0.25, -0.2) is 0 Å². The number of rotatable bonds is 12. The van der Waals surface area contributed by atoms with Crippen molar-refractivity contribution in [3.8, 4) is 0 Å². The number of methoxy groups -OCH3 is 1. The van der Waals surface area contributed by atoms with Gasteiger partial charge in [0.15, 0.2) is 0 Å². The van der Waals surface area contributed by atoms with Crippen molar-refractivity contribution in [2.45, 2.75) is 89.4 Å². The van der Waals surface area contributed by atoms with E-state index >= 15 is 0 Å². The molecule has 1 aliphatic rings. The fourth-order valence-corrected chi connectivity index (χ4v) is 8.74. The van der Waals surface area contributed by atoms with Crippen molar-refractivity contribution in [2.24, 2.45) is 0 Å². The Hall–Kier alpha value is 0.0569. The fourth-order valence-electron chi connectivity index (χ4n) is 4.61. The molecule has 24 heavy (non-hydrogen) atoms. The molecule has 0 aromatic carbocycles. The van der Waals surface area contributed by atoms with Gasteiger partial charge >= 0.3 is 8.56 Å². The van der Waals surface area contributed by atoms with Gasteiger partial charge in [-0.3, -0.25) is 4.90 Å². The first-order valence-electron chi connectivity index (χ1n) is 10.0. The van der Waals surface area contributed by atoms with Gasteiger partial charge in [0.2, 0.25) is 0 Å². The third-order valence-corrected chi connectivity index (χ3v) is 10.3. The summed E-state index contributed by atoms with van der Waals surface area (Å²) in [6.45, 7) is 9.12. The van der Waals surface area contributed by atoms with Crippen LogP contribution in [0.2, 0.25) is 6.04 Å². The number of hydrogen-bond donors (Lipinski definition) is 0. The normalized spacial score (nSPS) is 26.9. The molecule has 4 nitrogen and oxygen atoms in total. The van der Waals surface area contributed by atoms with Crippen LogP contribution in [0.15, 0.2) is 0 Å². The summed E-state index contributed by atoms with van der Waals surface area (Å²) in [5.74, 6) is 0. The lowest BCUT2D eigenvalue weighted by Gasteiger charge is -2.55. The first-order chi connectivity index (χ1) is 11.6. The molecule has 1 heterocycles. The molecule has 144 valence electrons. The highest BCUT2D eigenvalue weighted by Crippen LogP contribution is 2.45. The van der Waals surface area contributed by atoms with E-state index in [-0.39, 0.29) is 5.22 Å². The summed E-state index contributed by atoms with van der Waals surface area (Å²) in [5, 5.41) is -0.259. The molecule has 0 amide bonds. The molecule has 5 heteroatoms. The Bertz CT molecular complexity index is 331. The summed E-state index contributed by atoms with van der Waals surface area (Å²) in [6, 6.07) is 1.46. The standard InChI is InChI=1S/C19H41NO3Si/c1-7-10-15-20(16-11-8-2)18-13-12-17-24(22-5,23-6)19(18,21-4)14-9-3/h18H,7-17H2,1-6H3. The smallest absolute Gasteiger partial charge is 0.372 e. The Kier molecular flexibility index (Phi) is 10.1. The molecule has 0 radical (unpaired) electrons. The number of hydrogen-bond acceptors (Lipinski definition) is 4. The van der Waals surface area contributed by atoms with Gasteiger partial charge in [0.05, 0.1) is 0 Å². The van der Waals surface area contributed by atoms with E-state index in [4.69, 9.17) is 13.6 Å². The van der Waals surface area contributed by atoms with Gasteiger partial charge in [-0.2, -0.15) is 0 Å². The molecule has 0 N–H and O–H groups in total. The van der Waals surface area contributed by atoms with Crippen molar-refractivity contribution in [3.63, 3.8) is 0 Å². The molecule has 0 spiro atoms. The SMILES string of the molecule is CCCCN(CCCC)C1CCC[Si](OC)(OC)C1(CCC)OC. The maximum atomic E-state index is 6.34. The molecule has 0 saturated carbocycles. The first kappa shape index (κ1) is 22.1. The van der Waals surface area contributed by atoms with Gasteiger partial charge in [0.1, 0.15) is 5.22 Å². The van der Waals surface area contributed by atoms with E-state index in [1.165, 1.54) is 38.5 Å². The molecule has 0 aliphatic carbocycles. The van der Waals surface area contributed by atoms with Crippen LogP contribution >= 0.6 is 0 Å². The van der Waals surface area contributed by atoms with Gasteiger partial charge in [0, 0.05) is 27.4 Å². The quantitative estimate of drug-likeness (QED) is 0.480. The van der Waals surface area contributed by atoms with Crippen LogP contribution in [0.5, 0.6) is 0 Å². The lowest BCUT2D eigenvalue weighted by Crippen LogP contribution is -2.73. The van der Waals surface area contributed by atoms with E-state index in [2.05, 4.69) is 25.7 Å². The number of ether oxygens (including phenoxy) is 1. The molecule has 2 atom stereocenters. The van der Waals surface area contributed by atoms with Crippen LogP contribution in [0, 0.1) is 0 Å². The van der Waals surface area contributed by atoms with E-state index in [9.17, 15) is 0 Å². The van der Waals surface area contributed by atoms with Crippen LogP contribution < -0.4 is 0 Å². The zero-order chi connectivity index (χ0) is 18.1. The van der Waals surface area contributed by atoms with Crippen molar-refractivity contribution < 1.29 is 13.6 Å². The van der Waals surface area contributed by atoms with Crippen LogP contribution in [0.25, 0.3) is 0 Å². The highest BCUT2D eigenvalue weighted by Gasteiger charge is 2.64. The van der Waals surface area contributed by atoms with Gasteiger partial charge in [-0.15, -0.1) is 0 Å². The highest BCUT2D eigenvalue weighted by molar-refractivity contribution is 6.71. The van der Waals surface area contributed by atoms with Crippen LogP contribution in [-0.4, -0.2) is 59.1 Å². The second-order valence-electron chi connectivity index (χ2n) is 7.16. The number of unbranched alkanes of at least 4 members (excludes halogenated alkanes) is 2. The van der Waals surface area contributed by atoms with Gasteiger partial charge in [-0.1, -0.05) is 40.0 Å². The zero-order valence-corrected chi connectivity index (χ0v) is 18.0. The predicted molar refractivity (Wildman–Crippen MR) is 104 cm³/mol. The minimum atomic E-state index is -2.40. The maximum absolute atomic E-state index is 6.34. The summed E-state index contributed by atoms with van der Waals surface area (Å²) in [4.78, 5) is 2.70. The molecule has 0 bridgehead atoms. The van der Waals surface area contributed by atoms with E-state index in [1.807, 2.05) is 21.3 Å². The predicted octanol–water partition coefficient (Wildman–Crippen LogP) is 4.51. The van der Waals surface area contributed by atoms with Crippen molar-refractivity contribution in [3.05, 3.63) is 0 Å². The first-order valence-corrected chi connectivity index (χ1v) is 12.0. The third-order valence-electron chi connectivity index (χ3n) is 5.85. The van der Waals surface area contributed by atoms with E-state index in [1.54, 1.807) is 0 Å². The fraction of sp³-hybridized carbons (Fsp3) is 1.00. The van der Waals surface area contributed by atoms with Crippen LogP contribution in [0.4, 0.5) is 0 Å². The van der Waals surface area contributed by atoms with E-state index in [0.29, 0.717) is 6.04 Å². The lowest BCUT2D eigenvalue weighted by molar-refractivity contribution is -0.0745. The van der Waals surface area contributed by atoms with Crippen molar-refractivity contribution >= 4 is 8.56 Å². The van der Waals surface area contributed by atoms with Gasteiger partial charge in [0.25, 0.3) is 0 Å². The summed E-state index contributed by atoms with van der Waals surface area (Å²) < 4.78 is 18.6. The van der Waals surface area contributed by atoms with Gasteiger partial charge in [-0.05, 0) is 51.2 Å². The molecule has 2 unspecified atom stereocenters. The zero-order valence-electron chi connectivity index (χ0n) is 17.0. The van der Waals surface area contributed by atoms with E-state index in [0.717, 1.165) is 32.0 Å². The Labute approximate surface area is 151 Å². The maximum Gasteiger partial charge on any atom is 0.372 e. The molecular formula is C19H41NO3Si. The molecule has 1 aliphatic heterocycles. The van der Waals surface area contributed by atoms with Crippen LogP contribution in [-0.2, 0) is 13.6 Å². The van der Waals surface area contributed by atoms with Gasteiger partial charge < -0.3 is 13.6 Å². The Balaban J connectivity index is 3.21. The summed E-state index contributed by atoms with van der Waals surface area (Å²) in [6.07, 6.45) is 9.48. The lowest BCUT2D eigenvalue weighted by atomic mass is 9.97. The minimum Gasteiger partial charge on any atom is -0.396 e. The Morgan fingerprint density at radius 1 is 0.958 bits per heavy atom. The van der Waals surface area contributed by atoms with Crippen LogP contribution in [0.1, 0.15) is 72.1 Å². The van der Waals surface area contributed by atoms with E-state index < -0.39 is 8.56 Å². The Morgan fingerprint density at radius 3 is 1.96 bits per heavy atom. The molecule has 0 aromatic rings. The summed E-state index contributed by atoms with van der Waals surface area (Å²) >= 11 is 0.